The Hall–Kier alpha value is -0.900. The molecule has 1 heterocycles. The fraction of sp³-hybridized carbons (Fsp3) is 0.857. The number of unbranched alkanes of at least 4 members (excludes halogenated alkanes) is 3. The minimum absolute atomic E-state index is 0.833. The Bertz CT molecular complexity index is 306. The maximum atomic E-state index is 4.24. The van der Waals surface area contributed by atoms with Crippen molar-refractivity contribution in [3.63, 3.8) is 0 Å². The summed E-state index contributed by atoms with van der Waals surface area (Å²) in [6.45, 7) is 9.49. The zero-order chi connectivity index (χ0) is 13.2. The van der Waals surface area contributed by atoms with Crippen LogP contribution in [0.1, 0.15) is 58.7 Å². The van der Waals surface area contributed by atoms with Crippen LogP contribution in [0.2, 0.25) is 0 Å². The molecule has 0 aliphatic heterocycles. The van der Waals surface area contributed by atoms with Gasteiger partial charge in [0.05, 0.1) is 6.54 Å². The van der Waals surface area contributed by atoms with Gasteiger partial charge in [0.1, 0.15) is 12.2 Å². The Kier molecular flexibility index (Phi) is 7.65. The van der Waals surface area contributed by atoms with Gasteiger partial charge in [0, 0.05) is 6.54 Å². The third-order valence-electron chi connectivity index (χ3n) is 3.16. The molecule has 1 aromatic rings. The number of aryl methyl sites for hydroxylation is 1. The summed E-state index contributed by atoms with van der Waals surface area (Å²) in [5.41, 5.74) is 0. The fourth-order valence-electron chi connectivity index (χ4n) is 2.05. The van der Waals surface area contributed by atoms with Crippen molar-refractivity contribution in [1.82, 2.24) is 20.1 Å². The van der Waals surface area contributed by atoms with Crippen LogP contribution < -0.4 is 5.32 Å². The molecule has 0 radical (unpaired) electrons. The Morgan fingerprint density at radius 2 is 2.00 bits per heavy atom. The highest BCUT2D eigenvalue weighted by atomic mass is 15.3. The maximum Gasteiger partial charge on any atom is 0.140 e. The van der Waals surface area contributed by atoms with E-state index in [0.717, 1.165) is 31.4 Å². The first-order valence-electron chi connectivity index (χ1n) is 7.31. The van der Waals surface area contributed by atoms with Crippen LogP contribution in [0.15, 0.2) is 6.33 Å². The summed E-state index contributed by atoms with van der Waals surface area (Å²) < 4.78 is 1.94. The van der Waals surface area contributed by atoms with Gasteiger partial charge in [-0.05, 0) is 25.8 Å². The summed E-state index contributed by atoms with van der Waals surface area (Å²) in [6.07, 6.45) is 8.34. The molecule has 0 amide bonds. The van der Waals surface area contributed by atoms with E-state index < -0.39 is 0 Å². The smallest absolute Gasteiger partial charge is 0.140 e. The van der Waals surface area contributed by atoms with Crippen molar-refractivity contribution in [2.45, 2.75) is 66.0 Å². The van der Waals surface area contributed by atoms with E-state index in [4.69, 9.17) is 0 Å². The van der Waals surface area contributed by atoms with E-state index in [1.165, 1.54) is 32.1 Å². The second kappa shape index (κ2) is 9.09. The van der Waals surface area contributed by atoms with Crippen LogP contribution in [0.4, 0.5) is 0 Å². The Morgan fingerprint density at radius 3 is 2.72 bits per heavy atom. The van der Waals surface area contributed by atoms with Gasteiger partial charge in [0.25, 0.3) is 0 Å². The zero-order valence-corrected chi connectivity index (χ0v) is 12.2. The number of rotatable bonds is 10. The molecule has 1 rings (SSSR count). The van der Waals surface area contributed by atoms with Crippen molar-refractivity contribution < 1.29 is 0 Å². The van der Waals surface area contributed by atoms with Crippen LogP contribution in [0.25, 0.3) is 0 Å². The molecule has 4 nitrogen and oxygen atoms in total. The van der Waals surface area contributed by atoms with E-state index in [9.17, 15) is 0 Å². The van der Waals surface area contributed by atoms with Crippen LogP contribution in [-0.4, -0.2) is 21.3 Å². The molecular weight excluding hydrogens is 224 g/mol. The van der Waals surface area contributed by atoms with Crippen molar-refractivity contribution in [1.29, 1.82) is 0 Å². The van der Waals surface area contributed by atoms with E-state index >= 15 is 0 Å². The van der Waals surface area contributed by atoms with Gasteiger partial charge in [0.15, 0.2) is 0 Å². The lowest BCUT2D eigenvalue weighted by Crippen LogP contribution is -2.18. The molecule has 0 fully saturated rings. The SMILES string of the molecule is CCn1ncnc1CNCCCCCCC(C)C. The Morgan fingerprint density at radius 1 is 1.22 bits per heavy atom. The second-order valence-corrected chi connectivity index (χ2v) is 5.27. The quantitative estimate of drug-likeness (QED) is 0.651. The van der Waals surface area contributed by atoms with Gasteiger partial charge in [-0.3, -0.25) is 0 Å². The van der Waals surface area contributed by atoms with Gasteiger partial charge < -0.3 is 5.32 Å². The highest BCUT2D eigenvalue weighted by molar-refractivity contribution is 4.83. The number of nitrogens with zero attached hydrogens (tertiary/aromatic N) is 3. The molecule has 1 N–H and O–H groups in total. The number of aromatic nitrogens is 3. The largest absolute Gasteiger partial charge is 0.310 e. The monoisotopic (exact) mass is 252 g/mol. The minimum Gasteiger partial charge on any atom is -0.310 e. The van der Waals surface area contributed by atoms with Crippen LogP contribution in [0.5, 0.6) is 0 Å². The van der Waals surface area contributed by atoms with Gasteiger partial charge in [-0.1, -0.05) is 39.5 Å². The standard InChI is InChI=1S/C14H28N4/c1-4-18-14(16-12-17-18)11-15-10-8-6-5-7-9-13(2)3/h12-13,15H,4-11H2,1-3H3. The third kappa shape index (κ3) is 6.15. The van der Waals surface area contributed by atoms with E-state index in [-0.39, 0.29) is 0 Å². The number of hydrogen-bond donors (Lipinski definition) is 1. The molecule has 0 bridgehead atoms. The van der Waals surface area contributed by atoms with Crippen molar-refractivity contribution in [2.75, 3.05) is 6.54 Å². The van der Waals surface area contributed by atoms with Gasteiger partial charge in [-0.15, -0.1) is 0 Å². The summed E-state index contributed by atoms with van der Waals surface area (Å²) in [6, 6.07) is 0. The van der Waals surface area contributed by atoms with Crippen molar-refractivity contribution in [3.05, 3.63) is 12.2 Å². The van der Waals surface area contributed by atoms with Crippen LogP contribution in [0.3, 0.4) is 0 Å². The molecule has 4 heteroatoms. The predicted octanol–water partition coefficient (Wildman–Crippen LogP) is 2.99. The van der Waals surface area contributed by atoms with Crippen molar-refractivity contribution in [3.8, 4) is 0 Å². The average Bonchev–Trinajstić information content (AvgIpc) is 2.79. The molecule has 0 spiro atoms. The van der Waals surface area contributed by atoms with Crippen LogP contribution in [0, 0.1) is 5.92 Å². The lowest BCUT2D eigenvalue weighted by Gasteiger charge is -2.06. The summed E-state index contributed by atoms with van der Waals surface area (Å²) in [5.74, 6) is 1.89. The normalized spacial score (nSPS) is 11.3. The van der Waals surface area contributed by atoms with E-state index in [0.29, 0.717) is 0 Å². The van der Waals surface area contributed by atoms with Crippen molar-refractivity contribution in [2.24, 2.45) is 5.92 Å². The Balaban J connectivity index is 1.96. The van der Waals surface area contributed by atoms with Crippen molar-refractivity contribution >= 4 is 0 Å². The molecule has 0 atom stereocenters. The summed E-state index contributed by atoms with van der Waals surface area (Å²) in [4.78, 5) is 4.24. The van der Waals surface area contributed by atoms with E-state index in [1.807, 2.05) is 4.68 Å². The highest BCUT2D eigenvalue weighted by Gasteiger charge is 2.01. The predicted molar refractivity (Wildman–Crippen MR) is 75.3 cm³/mol. The Labute approximate surface area is 111 Å². The first-order chi connectivity index (χ1) is 8.74. The average molecular weight is 252 g/mol. The van der Waals surface area contributed by atoms with Gasteiger partial charge >= 0.3 is 0 Å². The number of nitrogens with one attached hydrogen (secondary N) is 1. The molecule has 1 aromatic heterocycles. The molecule has 104 valence electrons. The first kappa shape index (κ1) is 15.2. The van der Waals surface area contributed by atoms with Gasteiger partial charge in [-0.25, -0.2) is 9.67 Å². The molecule has 0 aromatic carbocycles. The molecule has 0 saturated heterocycles. The maximum absolute atomic E-state index is 4.24. The third-order valence-corrected chi connectivity index (χ3v) is 3.16. The van der Waals surface area contributed by atoms with Crippen LogP contribution >= 0.6 is 0 Å². The second-order valence-electron chi connectivity index (χ2n) is 5.27. The summed E-state index contributed by atoms with van der Waals surface area (Å²) in [7, 11) is 0. The first-order valence-corrected chi connectivity index (χ1v) is 7.31. The fourth-order valence-corrected chi connectivity index (χ4v) is 2.05. The molecule has 0 aliphatic rings. The molecule has 0 unspecified atom stereocenters. The van der Waals surface area contributed by atoms with Gasteiger partial charge in [-0.2, -0.15) is 5.10 Å². The topological polar surface area (TPSA) is 42.7 Å². The summed E-state index contributed by atoms with van der Waals surface area (Å²) in [5, 5.41) is 7.59. The molecule has 18 heavy (non-hydrogen) atoms. The zero-order valence-electron chi connectivity index (χ0n) is 12.2. The van der Waals surface area contributed by atoms with Gasteiger partial charge in [0.2, 0.25) is 0 Å². The lowest BCUT2D eigenvalue weighted by atomic mass is 10.0. The summed E-state index contributed by atoms with van der Waals surface area (Å²) >= 11 is 0. The lowest BCUT2D eigenvalue weighted by molar-refractivity contribution is 0.507. The molecular formula is C14H28N4. The highest BCUT2D eigenvalue weighted by Crippen LogP contribution is 2.08. The molecule has 0 aliphatic carbocycles. The number of hydrogen-bond acceptors (Lipinski definition) is 3. The van der Waals surface area contributed by atoms with E-state index in [1.54, 1.807) is 6.33 Å². The van der Waals surface area contributed by atoms with E-state index in [2.05, 4.69) is 36.2 Å². The minimum atomic E-state index is 0.833. The van der Waals surface area contributed by atoms with Crippen LogP contribution in [-0.2, 0) is 13.1 Å². The molecule has 0 saturated carbocycles.